The normalized spacial score (nSPS) is 8.58. The van der Waals surface area contributed by atoms with Gasteiger partial charge in [-0.3, -0.25) is 0 Å². The lowest BCUT2D eigenvalue weighted by Gasteiger charge is -2.13. The van der Waals surface area contributed by atoms with Crippen molar-refractivity contribution >= 4 is 21.6 Å². The second kappa shape index (κ2) is 7.06. The minimum atomic E-state index is -0.277. The largest absolute Gasteiger partial charge is 0.492 e. The molecule has 0 aliphatic carbocycles. The molecular formula is C13H9BrN4O. The number of hydrogen-bond donors (Lipinski definition) is 1. The van der Waals surface area contributed by atoms with Crippen molar-refractivity contribution in [3.63, 3.8) is 0 Å². The number of hydrogen-bond acceptors (Lipinski definition) is 5. The van der Waals surface area contributed by atoms with Gasteiger partial charge in [-0.2, -0.15) is 15.8 Å². The van der Waals surface area contributed by atoms with E-state index in [4.69, 9.17) is 20.5 Å². The molecule has 5 nitrogen and oxygen atoms in total. The second-order valence-corrected chi connectivity index (χ2v) is 4.11. The second-order valence-electron chi connectivity index (χ2n) is 3.26. The first kappa shape index (κ1) is 14.6. The Morgan fingerprint density at radius 3 is 2.47 bits per heavy atom. The van der Waals surface area contributed by atoms with Gasteiger partial charge in [-0.25, -0.2) is 0 Å². The molecule has 0 spiro atoms. The van der Waals surface area contributed by atoms with Crippen LogP contribution in [0.25, 0.3) is 0 Å². The summed E-state index contributed by atoms with van der Waals surface area (Å²) in [7, 11) is 0. The highest BCUT2D eigenvalue weighted by Gasteiger charge is 2.12. The van der Waals surface area contributed by atoms with Gasteiger partial charge in [0.05, 0.1) is 12.3 Å². The average molecular weight is 317 g/mol. The molecule has 0 saturated carbocycles. The number of benzene rings is 1. The smallest absolute Gasteiger partial charge is 0.163 e. The topological polar surface area (TPSA) is 92.6 Å². The summed E-state index contributed by atoms with van der Waals surface area (Å²) in [5.74, 6) is 0.528. The molecule has 0 heterocycles. The van der Waals surface area contributed by atoms with Crippen LogP contribution in [0, 0.1) is 34.0 Å². The highest BCUT2D eigenvalue weighted by Crippen LogP contribution is 2.33. The van der Waals surface area contributed by atoms with Gasteiger partial charge in [0.1, 0.15) is 29.7 Å². The molecule has 0 saturated heterocycles. The monoisotopic (exact) mass is 316 g/mol. The summed E-state index contributed by atoms with van der Waals surface area (Å²) in [5.41, 5.74) is 0.113. The number of para-hydroxylation sites is 1. The molecule has 19 heavy (non-hydrogen) atoms. The van der Waals surface area contributed by atoms with Gasteiger partial charge in [0, 0.05) is 4.47 Å². The van der Waals surface area contributed by atoms with Gasteiger partial charge in [0.15, 0.2) is 5.57 Å². The molecule has 0 aliphatic rings. The van der Waals surface area contributed by atoms with E-state index in [0.29, 0.717) is 22.5 Å². The van der Waals surface area contributed by atoms with Gasteiger partial charge in [-0.05, 0) is 35.0 Å². The molecule has 0 unspecified atom stereocenters. The highest BCUT2D eigenvalue weighted by molar-refractivity contribution is 9.10. The lowest BCUT2D eigenvalue weighted by atomic mass is 10.2. The maximum Gasteiger partial charge on any atom is 0.163 e. The summed E-state index contributed by atoms with van der Waals surface area (Å²) in [4.78, 5) is 0. The number of allylic oxidation sites excluding steroid dienone is 2. The van der Waals surface area contributed by atoms with Gasteiger partial charge in [0.2, 0.25) is 0 Å². The predicted molar refractivity (Wildman–Crippen MR) is 72.8 cm³/mol. The first-order chi connectivity index (χ1) is 9.17. The summed E-state index contributed by atoms with van der Waals surface area (Å²) in [6.45, 7) is 2.29. The summed E-state index contributed by atoms with van der Waals surface area (Å²) >= 11 is 3.33. The molecule has 94 valence electrons. The first-order valence-corrected chi connectivity index (χ1v) is 6.10. The summed E-state index contributed by atoms with van der Waals surface area (Å²) in [6.07, 6.45) is 0. The van der Waals surface area contributed by atoms with E-state index >= 15 is 0 Å². The van der Waals surface area contributed by atoms with E-state index in [1.807, 2.05) is 6.92 Å². The summed E-state index contributed by atoms with van der Waals surface area (Å²) in [5, 5.41) is 29.3. The van der Waals surface area contributed by atoms with Crippen molar-refractivity contribution in [2.75, 3.05) is 11.9 Å². The minimum Gasteiger partial charge on any atom is -0.492 e. The lowest BCUT2D eigenvalue weighted by Crippen LogP contribution is -2.04. The Morgan fingerprint density at radius 2 is 1.95 bits per heavy atom. The van der Waals surface area contributed by atoms with E-state index in [0.717, 1.165) is 0 Å². The molecule has 0 amide bonds. The molecule has 1 N–H and O–H groups in total. The number of nitrogens with zero attached hydrogens (tertiary/aromatic N) is 3. The van der Waals surface area contributed by atoms with Crippen molar-refractivity contribution in [1.82, 2.24) is 0 Å². The maximum atomic E-state index is 9.00. The molecule has 1 aromatic rings. The fraction of sp³-hybridized carbons (Fsp3) is 0.154. The highest BCUT2D eigenvalue weighted by atomic mass is 79.9. The molecule has 0 radical (unpaired) electrons. The third-order valence-electron chi connectivity index (χ3n) is 2.11. The number of ether oxygens (including phenoxy) is 1. The molecule has 1 aromatic carbocycles. The standard InChI is InChI=1S/C13H9BrN4O/c1-2-19-12-5-3-4-10(14)13(12)18-11(8-17)9(6-15)7-16/h3-5,18H,2H2,1H3. The third-order valence-corrected chi connectivity index (χ3v) is 2.77. The minimum absolute atomic E-state index is 0.113. The molecule has 1 rings (SSSR count). The molecule has 6 heteroatoms. The van der Waals surface area contributed by atoms with Crippen LogP contribution >= 0.6 is 15.9 Å². The zero-order chi connectivity index (χ0) is 14.3. The van der Waals surface area contributed by atoms with Crippen molar-refractivity contribution < 1.29 is 4.74 Å². The van der Waals surface area contributed by atoms with Crippen molar-refractivity contribution in [1.29, 1.82) is 15.8 Å². The first-order valence-electron chi connectivity index (χ1n) is 5.30. The van der Waals surface area contributed by atoms with Crippen molar-refractivity contribution in [2.24, 2.45) is 0 Å². The Labute approximate surface area is 119 Å². The van der Waals surface area contributed by atoms with Gasteiger partial charge >= 0.3 is 0 Å². The molecule has 0 fully saturated rings. The van der Waals surface area contributed by atoms with Crippen molar-refractivity contribution in [3.8, 4) is 24.0 Å². The van der Waals surface area contributed by atoms with Gasteiger partial charge in [-0.15, -0.1) is 0 Å². The van der Waals surface area contributed by atoms with Crippen LogP contribution in [0.15, 0.2) is 33.9 Å². The van der Waals surface area contributed by atoms with E-state index in [9.17, 15) is 0 Å². The van der Waals surface area contributed by atoms with Crippen LogP contribution in [0.1, 0.15) is 6.92 Å². The van der Waals surface area contributed by atoms with Gasteiger partial charge in [0.25, 0.3) is 0 Å². The molecule has 0 aliphatic heterocycles. The SMILES string of the molecule is CCOc1cccc(Br)c1NC(C#N)=C(C#N)C#N. The van der Waals surface area contributed by atoms with E-state index in [1.54, 1.807) is 36.4 Å². The number of rotatable bonds is 4. The van der Waals surface area contributed by atoms with Crippen LogP contribution < -0.4 is 10.1 Å². The van der Waals surface area contributed by atoms with Crippen LogP contribution in [0.2, 0.25) is 0 Å². The van der Waals surface area contributed by atoms with Crippen LogP contribution in [-0.4, -0.2) is 6.61 Å². The van der Waals surface area contributed by atoms with E-state index in [-0.39, 0.29) is 11.3 Å². The zero-order valence-electron chi connectivity index (χ0n) is 10.1. The van der Waals surface area contributed by atoms with E-state index in [1.165, 1.54) is 0 Å². The Kier molecular flexibility index (Phi) is 5.41. The average Bonchev–Trinajstić information content (AvgIpc) is 2.42. The Hall–Kier alpha value is -2.49. The molecular weight excluding hydrogens is 308 g/mol. The van der Waals surface area contributed by atoms with Crippen LogP contribution in [0.3, 0.4) is 0 Å². The molecule has 0 atom stereocenters. The lowest BCUT2D eigenvalue weighted by molar-refractivity contribution is 0.342. The third kappa shape index (κ3) is 3.48. The number of halogens is 1. The summed E-state index contributed by atoms with van der Waals surface area (Å²) < 4.78 is 6.09. The number of nitriles is 3. The van der Waals surface area contributed by atoms with Crippen molar-refractivity contribution in [3.05, 3.63) is 33.9 Å². The maximum absolute atomic E-state index is 9.00. The predicted octanol–water partition coefficient (Wildman–Crippen LogP) is 3.08. The Balaban J connectivity index is 3.27. The van der Waals surface area contributed by atoms with E-state index in [2.05, 4.69) is 21.2 Å². The van der Waals surface area contributed by atoms with Crippen LogP contribution in [0.4, 0.5) is 5.69 Å². The van der Waals surface area contributed by atoms with Crippen molar-refractivity contribution in [2.45, 2.75) is 6.92 Å². The Morgan fingerprint density at radius 1 is 1.26 bits per heavy atom. The number of anilines is 1. The zero-order valence-corrected chi connectivity index (χ0v) is 11.7. The van der Waals surface area contributed by atoms with Crippen LogP contribution in [0.5, 0.6) is 5.75 Å². The molecule has 0 aromatic heterocycles. The number of nitrogens with one attached hydrogen (secondary N) is 1. The van der Waals surface area contributed by atoms with Gasteiger partial charge < -0.3 is 10.1 Å². The fourth-order valence-corrected chi connectivity index (χ4v) is 1.76. The van der Waals surface area contributed by atoms with Gasteiger partial charge in [-0.1, -0.05) is 6.07 Å². The Bertz CT molecular complexity index is 616. The molecule has 0 bridgehead atoms. The van der Waals surface area contributed by atoms with E-state index < -0.39 is 0 Å². The van der Waals surface area contributed by atoms with Crippen LogP contribution in [-0.2, 0) is 0 Å². The fourth-order valence-electron chi connectivity index (χ4n) is 1.31. The quantitative estimate of drug-likeness (QED) is 0.861. The summed E-state index contributed by atoms with van der Waals surface area (Å²) in [6, 6.07) is 10.4.